The van der Waals surface area contributed by atoms with Crippen LogP contribution in [0.4, 0.5) is 11.5 Å². The molecule has 2 aliphatic heterocycles. The Hall–Kier alpha value is -2.23. The number of anilines is 2. The van der Waals surface area contributed by atoms with Crippen molar-refractivity contribution in [2.75, 3.05) is 50.1 Å². The van der Waals surface area contributed by atoms with Crippen molar-refractivity contribution in [3.05, 3.63) is 48.2 Å². The molecule has 0 radical (unpaired) electrons. The molecule has 0 bridgehead atoms. The molecule has 2 fully saturated rings. The molecule has 2 N–H and O–H groups in total. The maximum absolute atomic E-state index is 5.52. The Labute approximate surface area is 202 Å². The molecule has 2 aromatic rings. The Bertz CT molecular complexity index is 871. The maximum Gasteiger partial charge on any atom is 0.191 e. The lowest BCUT2D eigenvalue weighted by Crippen LogP contribution is -2.44. The topological polar surface area (TPSA) is 65.0 Å². The van der Waals surface area contributed by atoms with E-state index in [0.717, 1.165) is 62.4 Å². The van der Waals surface area contributed by atoms with Crippen LogP contribution in [0.15, 0.2) is 47.6 Å². The van der Waals surface area contributed by atoms with Crippen molar-refractivity contribution in [3.63, 3.8) is 0 Å². The Balaban J connectivity index is 0.00000272. The molecular weight excluding hydrogens is 503 g/mol. The first-order valence-electron chi connectivity index (χ1n) is 10.8. The molecule has 168 valence electrons. The smallest absolute Gasteiger partial charge is 0.191 e. The van der Waals surface area contributed by atoms with E-state index < -0.39 is 0 Å². The van der Waals surface area contributed by atoms with E-state index >= 15 is 0 Å². The summed E-state index contributed by atoms with van der Waals surface area (Å²) >= 11 is 0. The first-order chi connectivity index (χ1) is 14.8. The van der Waals surface area contributed by atoms with E-state index in [1.165, 1.54) is 18.4 Å². The van der Waals surface area contributed by atoms with Crippen molar-refractivity contribution in [2.45, 2.75) is 31.8 Å². The average molecular weight is 536 g/mol. The van der Waals surface area contributed by atoms with E-state index in [1.807, 2.05) is 25.4 Å². The fraction of sp³-hybridized carbons (Fsp3) is 0.478. The van der Waals surface area contributed by atoms with E-state index in [-0.39, 0.29) is 24.0 Å². The second kappa shape index (κ2) is 11.4. The van der Waals surface area contributed by atoms with Crippen LogP contribution in [0.1, 0.15) is 24.8 Å². The minimum atomic E-state index is 0. The predicted molar refractivity (Wildman–Crippen MR) is 138 cm³/mol. The zero-order valence-corrected chi connectivity index (χ0v) is 20.7. The van der Waals surface area contributed by atoms with Gasteiger partial charge in [-0.1, -0.05) is 12.1 Å². The lowest BCUT2D eigenvalue weighted by Gasteiger charge is -2.22. The molecular formula is C23H33IN6O. The highest BCUT2D eigenvalue weighted by Gasteiger charge is 2.25. The third-order valence-corrected chi connectivity index (χ3v) is 5.88. The van der Waals surface area contributed by atoms with E-state index in [9.17, 15) is 0 Å². The first kappa shape index (κ1) is 23.4. The molecule has 1 aromatic carbocycles. The summed E-state index contributed by atoms with van der Waals surface area (Å²) in [7, 11) is 3.55. The standard InChI is InChI=1S/C23H32N6O.HI/c1-24-23(26-16-18-9-11-25-22(15-18)28-12-5-6-13-28)27-19-10-14-29(17-19)20-7-3-4-8-21(20)30-2;/h3-4,7-9,11,15,19H,5-6,10,12-14,16-17H2,1-2H3,(H2,24,26,27);1H. The normalized spacial score (nSPS) is 18.6. The van der Waals surface area contributed by atoms with Crippen LogP contribution in [-0.2, 0) is 6.54 Å². The number of guanidine groups is 1. The molecule has 2 saturated heterocycles. The number of nitrogens with one attached hydrogen (secondary N) is 2. The molecule has 1 atom stereocenters. The van der Waals surface area contributed by atoms with Crippen molar-refractivity contribution in [2.24, 2.45) is 4.99 Å². The predicted octanol–water partition coefficient (Wildman–Crippen LogP) is 3.25. The van der Waals surface area contributed by atoms with Gasteiger partial charge in [-0.25, -0.2) is 4.98 Å². The monoisotopic (exact) mass is 536 g/mol. The van der Waals surface area contributed by atoms with Crippen molar-refractivity contribution in [1.29, 1.82) is 0 Å². The summed E-state index contributed by atoms with van der Waals surface area (Å²) in [6.45, 7) is 4.87. The van der Waals surface area contributed by atoms with E-state index in [1.54, 1.807) is 7.11 Å². The van der Waals surface area contributed by atoms with Gasteiger partial charge in [0.25, 0.3) is 0 Å². The number of aliphatic imine (C=N–C) groups is 1. The Morgan fingerprint density at radius 1 is 1.16 bits per heavy atom. The number of benzene rings is 1. The minimum Gasteiger partial charge on any atom is -0.495 e. The zero-order valence-electron chi connectivity index (χ0n) is 18.4. The highest BCUT2D eigenvalue weighted by molar-refractivity contribution is 14.0. The fourth-order valence-corrected chi connectivity index (χ4v) is 4.25. The van der Waals surface area contributed by atoms with Crippen LogP contribution in [0.25, 0.3) is 0 Å². The number of nitrogens with zero attached hydrogens (tertiary/aromatic N) is 4. The van der Waals surface area contributed by atoms with Gasteiger partial charge in [-0.3, -0.25) is 4.99 Å². The SMILES string of the molecule is CN=C(NCc1ccnc(N2CCCC2)c1)NC1CCN(c2ccccc2OC)C1.I. The molecule has 0 amide bonds. The number of pyridine rings is 1. The highest BCUT2D eigenvalue weighted by Crippen LogP contribution is 2.30. The molecule has 2 aliphatic rings. The third kappa shape index (κ3) is 5.93. The molecule has 3 heterocycles. The van der Waals surface area contributed by atoms with Crippen LogP contribution < -0.4 is 25.2 Å². The second-order valence-electron chi connectivity index (χ2n) is 7.89. The molecule has 1 unspecified atom stereocenters. The van der Waals surface area contributed by atoms with Crippen LogP contribution in [0.2, 0.25) is 0 Å². The van der Waals surface area contributed by atoms with Gasteiger partial charge in [0.2, 0.25) is 0 Å². The lowest BCUT2D eigenvalue weighted by atomic mass is 10.2. The summed E-state index contributed by atoms with van der Waals surface area (Å²) < 4.78 is 5.52. The Morgan fingerprint density at radius 2 is 1.97 bits per heavy atom. The van der Waals surface area contributed by atoms with Gasteiger partial charge in [-0.15, -0.1) is 24.0 Å². The first-order valence-corrected chi connectivity index (χ1v) is 10.8. The number of para-hydroxylation sites is 2. The van der Waals surface area contributed by atoms with Gasteiger partial charge < -0.3 is 25.2 Å². The van der Waals surface area contributed by atoms with Gasteiger partial charge in [-0.05, 0) is 49.1 Å². The molecule has 0 spiro atoms. The summed E-state index contributed by atoms with van der Waals surface area (Å²) in [6, 6.07) is 12.8. The van der Waals surface area contributed by atoms with E-state index in [0.29, 0.717) is 6.04 Å². The van der Waals surface area contributed by atoms with Gasteiger partial charge in [0.15, 0.2) is 5.96 Å². The summed E-state index contributed by atoms with van der Waals surface area (Å²) in [5, 5.41) is 7.03. The van der Waals surface area contributed by atoms with E-state index in [2.05, 4.69) is 54.7 Å². The van der Waals surface area contributed by atoms with Gasteiger partial charge in [0.05, 0.1) is 12.8 Å². The summed E-state index contributed by atoms with van der Waals surface area (Å²) in [5.41, 5.74) is 2.37. The molecule has 1 aromatic heterocycles. The number of aromatic nitrogens is 1. The number of rotatable bonds is 6. The number of hydrogen-bond acceptors (Lipinski definition) is 5. The molecule has 0 saturated carbocycles. The fourth-order valence-electron chi connectivity index (χ4n) is 4.25. The molecule has 31 heavy (non-hydrogen) atoms. The number of methoxy groups -OCH3 is 1. The maximum atomic E-state index is 5.52. The van der Waals surface area contributed by atoms with E-state index in [4.69, 9.17) is 4.74 Å². The third-order valence-electron chi connectivity index (χ3n) is 5.88. The number of hydrogen-bond donors (Lipinski definition) is 2. The largest absolute Gasteiger partial charge is 0.495 e. The lowest BCUT2D eigenvalue weighted by molar-refractivity contribution is 0.415. The molecule has 4 rings (SSSR count). The highest BCUT2D eigenvalue weighted by atomic mass is 127. The summed E-state index contributed by atoms with van der Waals surface area (Å²) in [6.07, 6.45) is 5.48. The Morgan fingerprint density at radius 3 is 2.74 bits per heavy atom. The second-order valence-corrected chi connectivity index (χ2v) is 7.89. The minimum absolute atomic E-state index is 0. The number of halogens is 1. The summed E-state index contributed by atoms with van der Waals surface area (Å²) in [5.74, 6) is 2.84. The van der Waals surface area contributed by atoms with Crippen LogP contribution in [0.5, 0.6) is 5.75 Å². The van der Waals surface area contributed by atoms with Crippen LogP contribution in [0, 0.1) is 0 Å². The average Bonchev–Trinajstić information content (AvgIpc) is 3.49. The molecule has 7 nitrogen and oxygen atoms in total. The van der Waals surface area contributed by atoms with Gasteiger partial charge in [0, 0.05) is 52.0 Å². The quantitative estimate of drug-likeness (QED) is 0.336. The molecule has 8 heteroatoms. The molecule has 0 aliphatic carbocycles. The van der Waals surface area contributed by atoms with Crippen LogP contribution in [-0.4, -0.2) is 57.3 Å². The van der Waals surface area contributed by atoms with Crippen molar-refractivity contribution < 1.29 is 4.74 Å². The Kier molecular flexibility index (Phi) is 8.62. The van der Waals surface area contributed by atoms with Crippen LogP contribution >= 0.6 is 24.0 Å². The summed E-state index contributed by atoms with van der Waals surface area (Å²) in [4.78, 5) is 13.7. The van der Waals surface area contributed by atoms with Crippen molar-refractivity contribution >= 4 is 41.4 Å². The van der Waals surface area contributed by atoms with Crippen molar-refractivity contribution in [3.8, 4) is 5.75 Å². The van der Waals surface area contributed by atoms with Gasteiger partial charge >= 0.3 is 0 Å². The zero-order chi connectivity index (χ0) is 20.8. The number of ether oxygens (including phenoxy) is 1. The van der Waals surface area contributed by atoms with Gasteiger partial charge in [-0.2, -0.15) is 0 Å². The van der Waals surface area contributed by atoms with Gasteiger partial charge in [0.1, 0.15) is 11.6 Å². The van der Waals surface area contributed by atoms with Crippen LogP contribution in [0.3, 0.4) is 0 Å². The van der Waals surface area contributed by atoms with Crippen molar-refractivity contribution in [1.82, 2.24) is 15.6 Å².